The van der Waals surface area contributed by atoms with E-state index in [9.17, 15) is 4.79 Å². The summed E-state index contributed by atoms with van der Waals surface area (Å²) in [5.74, 6) is 1.40. The lowest BCUT2D eigenvalue weighted by molar-refractivity contribution is 0.0708. The normalized spacial score (nSPS) is 17.5. The van der Waals surface area contributed by atoms with Crippen LogP contribution in [0, 0.1) is 0 Å². The van der Waals surface area contributed by atoms with Crippen molar-refractivity contribution in [2.24, 2.45) is 0 Å². The van der Waals surface area contributed by atoms with Gasteiger partial charge >= 0.3 is 6.01 Å². The first-order valence-corrected chi connectivity index (χ1v) is 7.48. The minimum Gasteiger partial charge on any atom is -0.467 e. The monoisotopic (exact) mass is 317 g/mol. The van der Waals surface area contributed by atoms with E-state index in [1.54, 1.807) is 18.1 Å². The van der Waals surface area contributed by atoms with Crippen LogP contribution in [0.2, 0.25) is 0 Å². The van der Waals surface area contributed by atoms with Gasteiger partial charge in [-0.2, -0.15) is 4.98 Å². The fourth-order valence-corrected chi connectivity index (χ4v) is 2.80. The van der Waals surface area contributed by atoms with Gasteiger partial charge in [-0.1, -0.05) is 0 Å². The molecule has 23 heavy (non-hydrogen) atoms. The molecular formula is C16H19N3O4. The van der Waals surface area contributed by atoms with Crippen LogP contribution in [-0.4, -0.2) is 41.5 Å². The molecule has 3 rings (SSSR count). The van der Waals surface area contributed by atoms with Gasteiger partial charge in [0.1, 0.15) is 23.8 Å². The lowest BCUT2D eigenvalue weighted by Gasteiger charge is -2.22. The zero-order chi connectivity index (χ0) is 16.2. The minimum atomic E-state index is -0.141. The lowest BCUT2D eigenvalue weighted by atomic mass is 10.1. The highest BCUT2D eigenvalue weighted by molar-refractivity contribution is 5.92. The van der Waals surface area contributed by atoms with Crippen LogP contribution in [0.25, 0.3) is 0 Å². The molecule has 7 heteroatoms. The standard InChI is InChI=1S/C16H19N3O4/c1-21-10-11-5-6-14(23-11)13-4-3-9-19(13)15(20)12-7-8-17-16(18-12)22-2/h5-8,13H,3-4,9-10H2,1-2H3. The predicted molar refractivity (Wildman–Crippen MR) is 81.0 cm³/mol. The molecule has 122 valence electrons. The van der Waals surface area contributed by atoms with Crippen molar-refractivity contribution in [3.63, 3.8) is 0 Å². The van der Waals surface area contributed by atoms with Crippen molar-refractivity contribution in [3.05, 3.63) is 41.6 Å². The second-order valence-corrected chi connectivity index (χ2v) is 5.32. The molecule has 2 aromatic rings. The number of carbonyl (C=O) groups excluding carboxylic acids is 1. The van der Waals surface area contributed by atoms with Gasteiger partial charge in [0.15, 0.2) is 0 Å². The maximum absolute atomic E-state index is 12.7. The van der Waals surface area contributed by atoms with Crippen molar-refractivity contribution in [3.8, 4) is 6.01 Å². The maximum Gasteiger partial charge on any atom is 0.316 e. The lowest BCUT2D eigenvalue weighted by Crippen LogP contribution is -2.31. The summed E-state index contributed by atoms with van der Waals surface area (Å²) < 4.78 is 15.8. The second kappa shape index (κ2) is 6.78. The maximum atomic E-state index is 12.7. The highest BCUT2D eigenvalue weighted by atomic mass is 16.5. The Kier molecular flexibility index (Phi) is 4.57. The summed E-state index contributed by atoms with van der Waals surface area (Å²) in [5, 5.41) is 0. The molecular weight excluding hydrogens is 298 g/mol. The molecule has 0 aromatic carbocycles. The topological polar surface area (TPSA) is 77.7 Å². The predicted octanol–water partition coefficient (Wildman–Crippen LogP) is 2.20. The van der Waals surface area contributed by atoms with Crippen molar-refractivity contribution in [1.29, 1.82) is 0 Å². The fraction of sp³-hybridized carbons (Fsp3) is 0.438. The number of methoxy groups -OCH3 is 2. The van der Waals surface area contributed by atoms with Gasteiger partial charge in [0.2, 0.25) is 0 Å². The number of furan rings is 1. The van der Waals surface area contributed by atoms with Crippen molar-refractivity contribution in [2.75, 3.05) is 20.8 Å². The first kappa shape index (κ1) is 15.5. The SMILES string of the molecule is COCc1ccc(C2CCCN2C(=O)c2ccnc(OC)n2)o1. The third-order valence-electron chi connectivity index (χ3n) is 3.85. The number of aromatic nitrogens is 2. The average molecular weight is 317 g/mol. The molecule has 1 amide bonds. The number of ether oxygens (including phenoxy) is 2. The summed E-state index contributed by atoms with van der Waals surface area (Å²) in [6, 6.07) is 5.50. The number of rotatable bonds is 5. The van der Waals surface area contributed by atoms with Crippen LogP contribution in [0.4, 0.5) is 0 Å². The highest BCUT2D eigenvalue weighted by Crippen LogP contribution is 2.34. The average Bonchev–Trinajstić information content (AvgIpc) is 3.23. The summed E-state index contributed by atoms with van der Waals surface area (Å²) in [5.41, 5.74) is 0.326. The molecule has 0 spiro atoms. The summed E-state index contributed by atoms with van der Waals surface area (Å²) >= 11 is 0. The number of amides is 1. The van der Waals surface area contributed by atoms with Gasteiger partial charge < -0.3 is 18.8 Å². The molecule has 1 aliphatic rings. The van der Waals surface area contributed by atoms with Crippen molar-refractivity contribution in [1.82, 2.24) is 14.9 Å². The zero-order valence-corrected chi connectivity index (χ0v) is 13.2. The summed E-state index contributed by atoms with van der Waals surface area (Å²) in [4.78, 5) is 22.6. The molecule has 1 unspecified atom stereocenters. The van der Waals surface area contributed by atoms with E-state index >= 15 is 0 Å². The molecule has 0 aliphatic carbocycles. The Morgan fingerprint density at radius 3 is 3.04 bits per heavy atom. The van der Waals surface area contributed by atoms with Crippen LogP contribution in [0.1, 0.15) is 40.9 Å². The number of carbonyl (C=O) groups is 1. The molecule has 1 aliphatic heterocycles. The minimum absolute atomic E-state index is 0.0749. The van der Waals surface area contributed by atoms with Gasteiger partial charge in [0, 0.05) is 19.9 Å². The van der Waals surface area contributed by atoms with E-state index in [-0.39, 0.29) is 18.0 Å². The van der Waals surface area contributed by atoms with Crippen LogP contribution >= 0.6 is 0 Å². The quantitative estimate of drug-likeness (QED) is 0.841. The number of hydrogen-bond acceptors (Lipinski definition) is 6. The smallest absolute Gasteiger partial charge is 0.316 e. The molecule has 0 bridgehead atoms. The van der Waals surface area contributed by atoms with Gasteiger partial charge in [0.25, 0.3) is 5.91 Å². The fourth-order valence-electron chi connectivity index (χ4n) is 2.80. The van der Waals surface area contributed by atoms with Crippen LogP contribution in [0.5, 0.6) is 6.01 Å². The largest absolute Gasteiger partial charge is 0.467 e. The van der Waals surface area contributed by atoms with E-state index < -0.39 is 0 Å². The van der Waals surface area contributed by atoms with Gasteiger partial charge in [-0.05, 0) is 31.0 Å². The molecule has 0 saturated carbocycles. The first-order chi connectivity index (χ1) is 11.2. The highest BCUT2D eigenvalue weighted by Gasteiger charge is 2.33. The van der Waals surface area contributed by atoms with Crippen molar-refractivity contribution < 1.29 is 18.7 Å². The molecule has 0 N–H and O–H groups in total. The molecule has 2 aromatic heterocycles. The second-order valence-electron chi connectivity index (χ2n) is 5.32. The van der Waals surface area contributed by atoms with E-state index in [2.05, 4.69) is 9.97 Å². The van der Waals surface area contributed by atoms with Crippen molar-refractivity contribution >= 4 is 5.91 Å². The molecule has 0 radical (unpaired) electrons. The Morgan fingerprint density at radius 2 is 2.26 bits per heavy atom. The van der Waals surface area contributed by atoms with E-state index in [0.717, 1.165) is 24.4 Å². The first-order valence-electron chi connectivity index (χ1n) is 7.48. The van der Waals surface area contributed by atoms with Crippen LogP contribution in [0.15, 0.2) is 28.8 Å². The molecule has 1 atom stereocenters. The number of likely N-dealkylation sites (tertiary alicyclic amines) is 1. The Morgan fingerprint density at radius 1 is 1.39 bits per heavy atom. The van der Waals surface area contributed by atoms with Crippen LogP contribution in [0.3, 0.4) is 0 Å². The molecule has 3 heterocycles. The van der Waals surface area contributed by atoms with Crippen LogP contribution in [-0.2, 0) is 11.3 Å². The number of nitrogens with zero attached hydrogens (tertiary/aromatic N) is 3. The van der Waals surface area contributed by atoms with Crippen LogP contribution < -0.4 is 4.74 Å². The Hall–Kier alpha value is -2.41. The molecule has 1 saturated heterocycles. The summed E-state index contributed by atoms with van der Waals surface area (Å²) in [6.45, 7) is 1.10. The Balaban J connectivity index is 1.81. The summed E-state index contributed by atoms with van der Waals surface area (Å²) in [7, 11) is 3.10. The van der Waals surface area contributed by atoms with E-state index in [4.69, 9.17) is 13.9 Å². The summed E-state index contributed by atoms with van der Waals surface area (Å²) in [6.07, 6.45) is 3.32. The van der Waals surface area contributed by atoms with Crippen molar-refractivity contribution in [2.45, 2.75) is 25.5 Å². The zero-order valence-electron chi connectivity index (χ0n) is 13.2. The molecule has 1 fully saturated rings. The third-order valence-corrected chi connectivity index (χ3v) is 3.85. The van der Waals surface area contributed by atoms with Gasteiger partial charge in [-0.25, -0.2) is 4.98 Å². The van der Waals surface area contributed by atoms with Gasteiger partial charge in [-0.3, -0.25) is 4.79 Å². The van der Waals surface area contributed by atoms with E-state index in [1.807, 2.05) is 12.1 Å². The number of hydrogen-bond donors (Lipinski definition) is 0. The molecule has 7 nitrogen and oxygen atoms in total. The third kappa shape index (κ3) is 3.19. The Labute approximate surface area is 134 Å². The van der Waals surface area contributed by atoms with Gasteiger partial charge in [-0.15, -0.1) is 0 Å². The van der Waals surface area contributed by atoms with E-state index in [1.165, 1.54) is 13.3 Å². The Bertz CT molecular complexity index is 685. The van der Waals surface area contributed by atoms with E-state index in [0.29, 0.717) is 18.8 Å². The van der Waals surface area contributed by atoms with Gasteiger partial charge in [0.05, 0.1) is 13.2 Å².